The molecule has 26 heavy (non-hydrogen) atoms. The SMILES string of the molecule is Cn1cc(CCCNC(=O)c2ccc3n(c2=O)C[C@@H]2CNC[C@H]3C2)cn1. The summed E-state index contributed by atoms with van der Waals surface area (Å²) in [5.41, 5.74) is 2.31. The highest BCUT2D eigenvalue weighted by Gasteiger charge is 2.31. The topological polar surface area (TPSA) is 81.0 Å². The normalized spacial score (nSPS) is 21.3. The monoisotopic (exact) mass is 355 g/mol. The van der Waals surface area contributed by atoms with E-state index in [1.165, 1.54) is 0 Å². The maximum Gasteiger partial charge on any atom is 0.263 e. The third kappa shape index (κ3) is 3.31. The van der Waals surface area contributed by atoms with E-state index in [-0.39, 0.29) is 17.0 Å². The van der Waals surface area contributed by atoms with E-state index in [0.29, 0.717) is 24.9 Å². The number of pyridine rings is 1. The zero-order valence-electron chi connectivity index (χ0n) is 15.1. The fourth-order valence-corrected chi connectivity index (χ4v) is 4.15. The van der Waals surface area contributed by atoms with Crippen molar-refractivity contribution in [1.82, 2.24) is 25.0 Å². The number of hydrogen-bond acceptors (Lipinski definition) is 4. The molecule has 4 heterocycles. The number of fused-ring (bicyclic) bond motifs is 4. The van der Waals surface area contributed by atoms with Crippen molar-refractivity contribution in [3.63, 3.8) is 0 Å². The first-order valence-corrected chi connectivity index (χ1v) is 9.32. The van der Waals surface area contributed by atoms with Gasteiger partial charge in [-0.05, 0) is 49.4 Å². The van der Waals surface area contributed by atoms with Crippen molar-refractivity contribution < 1.29 is 4.79 Å². The molecule has 138 valence electrons. The summed E-state index contributed by atoms with van der Waals surface area (Å²) in [5.74, 6) is 0.592. The molecule has 2 atom stereocenters. The molecule has 2 aromatic rings. The Morgan fingerprint density at radius 2 is 2.27 bits per heavy atom. The van der Waals surface area contributed by atoms with Crippen molar-refractivity contribution in [3.05, 3.63) is 51.7 Å². The van der Waals surface area contributed by atoms with Gasteiger partial charge in [0.05, 0.1) is 6.20 Å². The van der Waals surface area contributed by atoms with Gasteiger partial charge in [0.25, 0.3) is 11.5 Å². The van der Waals surface area contributed by atoms with Gasteiger partial charge < -0.3 is 15.2 Å². The molecule has 0 radical (unpaired) electrons. The van der Waals surface area contributed by atoms with Gasteiger partial charge in [-0.2, -0.15) is 5.10 Å². The lowest BCUT2D eigenvalue weighted by Crippen LogP contribution is -2.46. The Morgan fingerprint density at radius 1 is 1.38 bits per heavy atom. The van der Waals surface area contributed by atoms with Gasteiger partial charge in [-0.3, -0.25) is 14.3 Å². The predicted molar refractivity (Wildman–Crippen MR) is 98.3 cm³/mol. The molecule has 0 aliphatic carbocycles. The van der Waals surface area contributed by atoms with Crippen LogP contribution in [0.4, 0.5) is 0 Å². The molecule has 2 bridgehead atoms. The fourth-order valence-electron chi connectivity index (χ4n) is 4.15. The van der Waals surface area contributed by atoms with Gasteiger partial charge in [-0.1, -0.05) is 0 Å². The third-order valence-corrected chi connectivity index (χ3v) is 5.44. The molecule has 0 spiro atoms. The van der Waals surface area contributed by atoms with Gasteiger partial charge in [0.15, 0.2) is 0 Å². The minimum absolute atomic E-state index is 0.149. The Labute approximate surface area is 152 Å². The first kappa shape index (κ1) is 17.0. The Balaban J connectivity index is 1.40. The van der Waals surface area contributed by atoms with Gasteiger partial charge in [0.1, 0.15) is 5.56 Å². The molecule has 1 saturated heterocycles. The van der Waals surface area contributed by atoms with Gasteiger partial charge in [0, 0.05) is 44.5 Å². The average Bonchev–Trinajstić information content (AvgIpc) is 3.05. The Kier molecular flexibility index (Phi) is 4.63. The number of amides is 1. The molecule has 2 aromatic heterocycles. The Morgan fingerprint density at radius 3 is 3.08 bits per heavy atom. The molecular formula is C19H25N5O2. The average molecular weight is 355 g/mol. The number of aromatic nitrogens is 3. The molecule has 0 unspecified atom stereocenters. The van der Waals surface area contributed by atoms with Crippen LogP contribution in [-0.2, 0) is 20.0 Å². The van der Waals surface area contributed by atoms with Crippen molar-refractivity contribution in [2.45, 2.75) is 31.7 Å². The van der Waals surface area contributed by atoms with Gasteiger partial charge >= 0.3 is 0 Å². The van der Waals surface area contributed by atoms with Crippen LogP contribution in [-0.4, -0.2) is 39.9 Å². The number of hydrogen-bond donors (Lipinski definition) is 2. The zero-order chi connectivity index (χ0) is 18.1. The van der Waals surface area contributed by atoms with E-state index in [2.05, 4.69) is 15.7 Å². The largest absolute Gasteiger partial charge is 0.352 e. The lowest BCUT2D eigenvalue weighted by molar-refractivity contribution is 0.0950. The summed E-state index contributed by atoms with van der Waals surface area (Å²) >= 11 is 0. The summed E-state index contributed by atoms with van der Waals surface area (Å²) in [6.45, 7) is 3.12. The molecule has 0 saturated carbocycles. The first-order valence-electron chi connectivity index (χ1n) is 9.32. The van der Waals surface area contributed by atoms with Crippen LogP contribution >= 0.6 is 0 Å². The molecule has 7 nitrogen and oxygen atoms in total. The zero-order valence-corrected chi connectivity index (χ0v) is 15.1. The summed E-state index contributed by atoms with van der Waals surface area (Å²) in [4.78, 5) is 25.3. The smallest absolute Gasteiger partial charge is 0.263 e. The maximum absolute atomic E-state index is 12.8. The van der Waals surface area contributed by atoms with E-state index in [1.807, 2.05) is 30.1 Å². The third-order valence-electron chi connectivity index (χ3n) is 5.44. The highest BCUT2D eigenvalue weighted by atomic mass is 16.2. The fraction of sp³-hybridized carbons (Fsp3) is 0.526. The van der Waals surface area contributed by atoms with E-state index in [1.54, 1.807) is 10.7 Å². The van der Waals surface area contributed by atoms with E-state index in [0.717, 1.165) is 43.6 Å². The first-order chi connectivity index (χ1) is 12.6. The van der Waals surface area contributed by atoms with Crippen molar-refractivity contribution in [2.75, 3.05) is 19.6 Å². The van der Waals surface area contributed by atoms with E-state index >= 15 is 0 Å². The van der Waals surface area contributed by atoms with E-state index in [4.69, 9.17) is 0 Å². The molecule has 4 rings (SSSR count). The van der Waals surface area contributed by atoms with Crippen LogP contribution in [0.25, 0.3) is 0 Å². The summed E-state index contributed by atoms with van der Waals surface area (Å²) < 4.78 is 3.59. The Hall–Kier alpha value is -2.41. The van der Waals surface area contributed by atoms with Gasteiger partial charge in [-0.25, -0.2) is 0 Å². The predicted octanol–water partition coefficient (Wildman–Crippen LogP) is 0.651. The maximum atomic E-state index is 12.8. The number of carbonyl (C=O) groups is 1. The molecule has 2 aliphatic heterocycles. The van der Waals surface area contributed by atoms with E-state index in [9.17, 15) is 9.59 Å². The van der Waals surface area contributed by atoms with Crippen LogP contribution in [0.15, 0.2) is 29.3 Å². The standard InChI is InChI=1S/C19H25N5O2/c1-23-11-13(9-22-23)3-2-6-21-18(25)16-4-5-17-15-7-14(8-20-10-15)12-24(17)19(16)26/h4-5,9,11,14-15,20H,2-3,6-8,10,12H2,1H3,(H,21,25)/t14-,15+/m0/s1. The second kappa shape index (κ2) is 7.07. The lowest BCUT2D eigenvalue weighted by atomic mass is 9.84. The lowest BCUT2D eigenvalue weighted by Gasteiger charge is -2.37. The summed E-state index contributed by atoms with van der Waals surface area (Å²) in [5, 5.41) is 10.5. The highest BCUT2D eigenvalue weighted by molar-refractivity contribution is 5.93. The molecule has 1 fully saturated rings. The van der Waals surface area contributed by atoms with Crippen LogP contribution in [0.2, 0.25) is 0 Å². The quantitative estimate of drug-likeness (QED) is 0.772. The van der Waals surface area contributed by atoms with Crippen molar-refractivity contribution in [2.24, 2.45) is 13.0 Å². The van der Waals surface area contributed by atoms with Crippen molar-refractivity contribution in [1.29, 1.82) is 0 Å². The van der Waals surface area contributed by atoms with Crippen LogP contribution in [0.3, 0.4) is 0 Å². The van der Waals surface area contributed by atoms with Crippen molar-refractivity contribution >= 4 is 5.91 Å². The number of nitrogens with one attached hydrogen (secondary N) is 2. The summed E-state index contributed by atoms with van der Waals surface area (Å²) in [6.07, 6.45) is 6.62. The minimum Gasteiger partial charge on any atom is -0.352 e. The van der Waals surface area contributed by atoms with Crippen LogP contribution in [0.5, 0.6) is 0 Å². The number of rotatable bonds is 5. The Bertz CT molecular complexity index is 869. The summed E-state index contributed by atoms with van der Waals surface area (Å²) in [7, 11) is 1.89. The van der Waals surface area contributed by atoms with Crippen LogP contribution < -0.4 is 16.2 Å². The van der Waals surface area contributed by atoms with Gasteiger partial charge in [0.2, 0.25) is 0 Å². The second-order valence-corrected chi connectivity index (χ2v) is 7.43. The number of nitrogens with zero attached hydrogens (tertiary/aromatic N) is 3. The van der Waals surface area contributed by atoms with Crippen molar-refractivity contribution in [3.8, 4) is 0 Å². The van der Waals surface area contributed by atoms with Crippen LogP contribution in [0.1, 0.15) is 40.4 Å². The van der Waals surface area contributed by atoms with Gasteiger partial charge in [-0.15, -0.1) is 0 Å². The molecule has 2 aliphatic rings. The minimum atomic E-state index is -0.273. The van der Waals surface area contributed by atoms with Crippen LogP contribution in [0, 0.1) is 5.92 Å². The molecule has 1 amide bonds. The van der Waals surface area contributed by atoms with E-state index < -0.39 is 0 Å². The highest BCUT2D eigenvalue weighted by Crippen LogP contribution is 2.31. The second-order valence-electron chi connectivity index (χ2n) is 7.43. The molecule has 2 N–H and O–H groups in total. The number of carbonyl (C=O) groups excluding carboxylic acids is 1. The molecular weight excluding hydrogens is 330 g/mol. The number of aryl methyl sites for hydroxylation is 2. The molecule has 7 heteroatoms. The molecule has 0 aromatic carbocycles. The number of piperidine rings is 1. The summed E-state index contributed by atoms with van der Waals surface area (Å²) in [6, 6.07) is 3.65.